The number of carbonyl (C=O) groups excluding carboxylic acids is 1. The Balaban J connectivity index is 2.77. The van der Waals surface area contributed by atoms with Crippen LogP contribution in [0.1, 0.15) is 26.7 Å². The van der Waals surface area contributed by atoms with Crippen molar-refractivity contribution < 1.29 is 23.1 Å². The van der Waals surface area contributed by atoms with E-state index in [4.69, 9.17) is 5.11 Å². The average molecular weight is 292 g/mol. The van der Waals surface area contributed by atoms with Crippen LogP contribution in [0.4, 0.5) is 0 Å². The largest absolute Gasteiger partial charge is 0.480 e. The van der Waals surface area contributed by atoms with Crippen molar-refractivity contribution in [1.82, 2.24) is 9.21 Å². The van der Waals surface area contributed by atoms with Crippen molar-refractivity contribution in [3.8, 4) is 0 Å². The number of hydrogen-bond acceptors (Lipinski definition) is 4. The quantitative estimate of drug-likeness (QED) is 0.727. The van der Waals surface area contributed by atoms with Gasteiger partial charge in [0.25, 0.3) is 0 Å². The molecule has 1 amide bonds. The van der Waals surface area contributed by atoms with E-state index in [2.05, 4.69) is 0 Å². The second kappa shape index (κ2) is 6.33. The number of aliphatic carboxylic acids is 1. The lowest BCUT2D eigenvalue weighted by atomic mass is 10.2. The molecule has 19 heavy (non-hydrogen) atoms. The Bertz CT molecular complexity index is 444. The Morgan fingerprint density at radius 2 is 1.89 bits per heavy atom. The third-order valence-electron chi connectivity index (χ3n) is 3.26. The Hall–Kier alpha value is -1.15. The molecule has 7 nitrogen and oxygen atoms in total. The van der Waals surface area contributed by atoms with Crippen molar-refractivity contribution in [2.75, 3.05) is 25.4 Å². The van der Waals surface area contributed by atoms with Gasteiger partial charge in [0.1, 0.15) is 11.8 Å². The first kappa shape index (κ1) is 15.9. The molecule has 0 aromatic carbocycles. The predicted molar refractivity (Wildman–Crippen MR) is 69.1 cm³/mol. The molecule has 1 rings (SSSR count). The van der Waals surface area contributed by atoms with Crippen molar-refractivity contribution >= 4 is 21.9 Å². The van der Waals surface area contributed by atoms with Gasteiger partial charge in [-0.15, -0.1) is 0 Å². The van der Waals surface area contributed by atoms with Gasteiger partial charge in [-0.25, -0.2) is 17.5 Å². The van der Waals surface area contributed by atoms with Gasteiger partial charge in [0.2, 0.25) is 15.9 Å². The summed E-state index contributed by atoms with van der Waals surface area (Å²) >= 11 is 0. The number of carboxylic acid groups (broad SMARTS) is 1. The molecule has 0 radical (unpaired) electrons. The summed E-state index contributed by atoms with van der Waals surface area (Å²) in [6, 6.07) is -0.889. The zero-order valence-electron chi connectivity index (χ0n) is 11.2. The molecular formula is C11H20N2O5S. The summed E-state index contributed by atoms with van der Waals surface area (Å²) < 4.78 is 25.1. The maximum Gasteiger partial charge on any atom is 0.326 e. The van der Waals surface area contributed by atoms with Crippen molar-refractivity contribution in [2.45, 2.75) is 32.7 Å². The summed E-state index contributed by atoms with van der Waals surface area (Å²) in [4.78, 5) is 24.1. The van der Waals surface area contributed by atoms with E-state index in [0.717, 1.165) is 4.90 Å². The summed E-state index contributed by atoms with van der Waals surface area (Å²) in [5.41, 5.74) is 0. The van der Waals surface area contributed by atoms with E-state index in [9.17, 15) is 18.0 Å². The Morgan fingerprint density at radius 1 is 1.32 bits per heavy atom. The molecule has 1 unspecified atom stereocenters. The van der Waals surface area contributed by atoms with Crippen molar-refractivity contribution in [3.63, 3.8) is 0 Å². The molecule has 0 bridgehead atoms. The zero-order chi connectivity index (χ0) is 14.6. The van der Waals surface area contributed by atoms with E-state index in [-0.39, 0.29) is 0 Å². The highest BCUT2D eigenvalue weighted by atomic mass is 32.2. The minimum absolute atomic E-state index is 0.300. The van der Waals surface area contributed by atoms with E-state index >= 15 is 0 Å². The van der Waals surface area contributed by atoms with Gasteiger partial charge in [-0.1, -0.05) is 13.8 Å². The molecule has 1 N–H and O–H groups in total. The maximum absolute atomic E-state index is 12.0. The summed E-state index contributed by atoms with van der Waals surface area (Å²) in [7, 11) is -3.66. The number of nitrogens with zero attached hydrogens (tertiary/aromatic N) is 2. The van der Waals surface area contributed by atoms with E-state index in [0.29, 0.717) is 32.5 Å². The topological polar surface area (TPSA) is 95.0 Å². The first-order chi connectivity index (χ1) is 8.83. The number of carbonyl (C=O) groups is 2. The Labute approximate surface area is 113 Å². The monoisotopic (exact) mass is 292 g/mol. The van der Waals surface area contributed by atoms with Crippen LogP contribution in [0.5, 0.6) is 0 Å². The van der Waals surface area contributed by atoms with Crippen molar-refractivity contribution in [3.05, 3.63) is 0 Å². The summed E-state index contributed by atoms with van der Waals surface area (Å²) in [6.45, 7) is 4.30. The highest BCUT2D eigenvalue weighted by molar-refractivity contribution is 7.89. The number of amides is 1. The summed E-state index contributed by atoms with van der Waals surface area (Å²) in [5.74, 6) is -2.36. The van der Waals surface area contributed by atoms with Gasteiger partial charge in [-0.3, -0.25) is 4.79 Å². The number of sulfonamides is 1. The highest BCUT2D eigenvalue weighted by Gasteiger charge is 2.36. The van der Waals surface area contributed by atoms with Crippen LogP contribution in [0, 0.1) is 0 Å². The first-order valence-electron chi connectivity index (χ1n) is 6.33. The average Bonchev–Trinajstić information content (AvgIpc) is 2.78. The van der Waals surface area contributed by atoms with E-state index in [1.807, 2.05) is 0 Å². The maximum atomic E-state index is 12.0. The van der Waals surface area contributed by atoms with Crippen LogP contribution in [0.25, 0.3) is 0 Å². The van der Waals surface area contributed by atoms with Crippen molar-refractivity contribution in [1.29, 1.82) is 0 Å². The standard InChI is InChI=1S/C11H20N2O5S/c1-3-12(4-2)19(17,18)8-10(14)13-7-5-6-9(13)11(15)16/h9H,3-8H2,1-2H3,(H,15,16). The number of carboxylic acids is 1. The summed E-state index contributed by atoms with van der Waals surface area (Å²) in [6.07, 6.45) is 0.973. The van der Waals surface area contributed by atoms with Crippen LogP contribution < -0.4 is 0 Å². The van der Waals surface area contributed by atoms with Crippen LogP contribution in [0.3, 0.4) is 0 Å². The molecule has 0 aromatic heterocycles. The normalized spacial score (nSPS) is 19.9. The molecule has 1 heterocycles. The smallest absolute Gasteiger partial charge is 0.326 e. The molecule has 0 aliphatic carbocycles. The van der Waals surface area contributed by atoms with Gasteiger partial charge in [-0.05, 0) is 12.8 Å². The first-order valence-corrected chi connectivity index (χ1v) is 7.94. The molecule has 8 heteroatoms. The molecule has 1 saturated heterocycles. The molecule has 1 aliphatic heterocycles. The minimum Gasteiger partial charge on any atom is -0.480 e. The second-order valence-electron chi connectivity index (χ2n) is 4.42. The lowest BCUT2D eigenvalue weighted by molar-refractivity contribution is -0.147. The minimum atomic E-state index is -3.66. The lowest BCUT2D eigenvalue weighted by Crippen LogP contribution is -2.45. The lowest BCUT2D eigenvalue weighted by Gasteiger charge is -2.23. The molecule has 0 aromatic rings. The highest BCUT2D eigenvalue weighted by Crippen LogP contribution is 2.18. The summed E-state index contributed by atoms with van der Waals surface area (Å²) in [5, 5.41) is 8.98. The molecule has 0 saturated carbocycles. The third-order valence-corrected chi connectivity index (χ3v) is 5.18. The fourth-order valence-corrected chi connectivity index (χ4v) is 3.72. The second-order valence-corrected chi connectivity index (χ2v) is 6.39. The number of likely N-dealkylation sites (tertiary alicyclic amines) is 1. The molecule has 1 fully saturated rings. The van der Waals surface area contributed by atoms with E-state index in [1.54, 1.807) is 13.8 Å². The molecule has 110 valence electrons. The van der Waals surface area contributed by atoms with Crippen molar-refractivity contribution in [2.24, 2.45) is 0 Å². The predicted octanol–water partition coefficient (Wildman–Crippen LogP) is -0.266. The third kappa shape index (κ3) is 3.66. The van der Waals surface area contributed by atoms with Gasteiger partial charge in [0, 0.05) is 19.6 Å². The Kier molecular flexibility index (Phi) is 5.30. The van der Waals surface area contributed by atoms with Crippen LogP contribution >= 0.6 is 0 Å². The number of hydrogen-bond donors (Lipinski definition) is 1. The molecular weight excluding hydrogens is 272 g/mol. The van der Waals surface area contributed by atoms with Gasteiger partial charge < -0.3 is 10.0 Å². The molecule has 1 aliphatic rings. The zero-order valence-corrected chi connectivity index (χ0v) is 12.0. The van der Waals surface area contributed by atoms with Gasteiger partial charge in [0.05, 0.1) is 0 Å². The van der Waals surface area contributed by atoms with Gasteiger partial charge in [-0.2, -0.15) is 0 Å². The van der Waals surface area contributed by atoms with E-state index in [1.165, 1.54) is 4.31 Å². The fraction of sp³-hybridized carbons (Fsp3) is 0.818. The fourth-order valence-electron chi connectivity index (χ4n) is 2.27. The van der Waals surface area contributed by atoms with Gasteiger partial charge in [0.15, 0.2) is 0 Å². The Morgan fingerprint density at radius 3 is 2.37 bits per heavy atom. The van der Waals surface area contributed by atoms with E-state index < -0.39 is 33.7 Å². The molecule has 1 atom stereocenters. The SMILES string of the molecule is CCN(CC)S(=O)(=O)CC(=O)N1CCCC1C(=O)O. The van der Waals surface area contributed by atoms with Crippen LogP contribution in [-0.4, -0.2) is 66.0 Å². The van der Waals surface area contributed by atoms with Crippen LogP contribution in [0.15, 0.2) is 0 Å². The molecule has 0 spiro atoms. The van der Waals surface area contributed by atoms with Crippen LogP contribution in [-0.2, 0) is 19.6 Å². The number of rotatable bonds is 6. The van der Waals surface area contributed by atoms with Gasteiger partial charge >= 0.3 is 5.97 Å². The van der Waals surface area contributed by atoms with Crippen LogP contribution in [0.2, 0.25) is 0 Å².